The van der Waals surface area contributed by atoms with E-state index >= 15 is 0 Å². The van der Waals surface area contributed by atoms with Crippen LogP contribution < -0.4 is 4.90 Å². The molecular weight excluding hydrogens is 330 g/mol. The maximum absolute atomic E-state index is 12.3. The minimum atomic E-state index is -0.527. The zero-order valence-corrected chi connectivity index (χ0v) is 15.1. The Bertz CT molecular complexity index is 784. The van der Waals surface area contributed by atoms with Crippen LogP contribution in [0.5, 0.6) is 0 Å². The number of anilines is 1. The SMILES string of the molecule is Cc1cccc(N2CCN(C(=O)COC(=O)c3cccnc3)CC2)c1C. The summed E-state index contributed by atoms with van der Waals surface area (Å²) < 4.78 is 5.11. The van der Waals surface area contributed by atoms with Crippen molar-refractivity contribution in [3.8, 4) is 0 Å². The van der Waals surface area contributed by atoms with E-state index in [0.717, 1.165) is 13.1 Å². The standard InChI is InChI=1S/C20H23N3O3/c1-15-5-3-7-18(16(15)2)22-9-11-23(12-10-22)19(24)14-26-20(25)17-6-4-8-21-13-17/h3-8,13H,9-12,14H2,1-2H3. The second-order valence-corrected chi connectivity index (χ2v) is 6.40. The Hall–Kier alpha value is -2.89. The molecule has 1 fully saturated rings. The van der Waals surface area contributed by atoms with Crippen LogP contribution in [0.3, 0.4) is 0 Å². The van der Waals surface area contributed by atoms with Crippen LogP contribution in [0.4, 0.5) is 5.69 Å². The van der Waals surface area contributed by atoms with Gasteiger partial charge in [0.1, 0.15) is 0 Å². The number of carbonyl (C=O) groups excluding carboxylic acids is 2. The number of ether oxygens (including phenoxy) is 1. The first-order chi connectivity index (χ1) is 12.6. The number of nitrogens with zero attached hydrogens (tertiary/aromatic N) is 3. The molecule has 0 spiro atoms. The molecule has 1 aliphatic heterocycles. The van der Waals surface area contributed by atoms with Gasteiger partial charge < -0.3 is 14.5 Å². The zero-order chi connectivity index (χ0) is 18.5. The fourth-order valence-electron chi connectivity index (χ4n) is 3.06. The molecule has 0 N–H and O–H groups in total. The number of aryl methyl sites for hydroxylation is 1. The third-order valence-corrected chi connectivity index (χ3v) is 4.77. The zero-order valence-electron chi connectivity index (χ0n) is 15.1. The molecule has 1 aromatic heterocycles. The van der Waals surface area contributed by atoms with Gasteiger partial charge in [0.05, 0.1) is 5.56 Å². The number of amides is 1. The molecule has 2 heterocycles. The van der Waals surface area contributed by atoms with Gasteiger partial charge in [0.25, 0.3) is 5.91 Å². The van der Waals surface area contributed by atoms with Gasteiger partial charge in [-0.15, -0.1) is 0 Å². The summed E-state index contributed by atoms with van der Waals surface area (Å²) in [5.41, 5.74) is 4.11. The van der Waals surface area contributed by atoms with Crippen LogP contribution in [-0.4, -0.2) is 54.5 Å². The second kappa shape index (κ2) is 7.99. The smallest absolute Gasteiger partial charge is 0.340 e. The van der Waals surface area contributed by atoms with E-state index in [1.807, 2.05) is 0 Å². The monoisotopic (exact) mass is 353 g/mol. The van der Waals surface area contributed by atoms with Crippen molar-refractivity contribution < 1.29 is 14.3 Å². The first-order valence-corrected chi connectivity index (χ1v) is 8.72. The number of piperazine rings is 1. The fraction of sp³-hybridized carbons (Fsp3) is 0.350. The van der Waals surface area contributed by atoms with E-state index in [-0.39, 0.29) is 12.5 Å². The van der Waals surface area contributed by atoms with Crippen molar-refractivity contribution in [3.05, 3.63) is 59.4 Å². The van der Waals surface area contributed by atoms with Crippen molar-refractivity contribution in [2.24, 2.45) is 0 Å². The normalized spacial score (nSPS) is 14.2. The molecule has 0 unspecified atom stereocenters. The summed E-state index contributed by atoms with van der Waals surface area (Å²) in [7, 11) is 0. The molecular formula is C20H23N3O3. The number of hydrogen-bond acceptors (Lipinski definition) is 5. The van der Waals surface area contributed by atoms with Crippen molar-refractivity contribution in [1.29, 1.82) is 0 Å². The molecule has 1 saturated heterocycles. The summed E-state index contributed by atoms with van der Waals surface area (Å²) in [5, 5.41) is 0. The van der Waals surface area contributed by atoms with Gasteiger partial charge in [-0.25, -0.2) is 4.79 Å². The largest absolute Gasteiger partial charge is 0.452 e. The number of aromatic nitrogens is 1. The Morgan fingerprint density at radius 3 is 2.54 bits per heavy atom. The molecule has 1 aliphatic rings. The molecule has 136 valence electrons. The predicted molar refractivity (Wildman–Crippen MR) is 99.2 cm³/mol. The topological polar surface area (TPSA) is 62.7 Å². The van der Waals surface area contributed by atoms with E-state index in [1.54, 1.807) is 23.2 Å². The maximum atomic E-state index is 12.3. The van der Waals surface area contributed by atoms with Gasteiger partial charge in [-0.05, 0) is 43.2 Å². The third-order valence-electron chi connectivity index (χ3n) is 4.77. The highest BCUT2D eigenvalue weighted by molar-refractivity contribution is 5.91. The Labute approximate surface area is 153 Å². The summed E-state index contributed by atoms with van der Waals surface area (Å²) in [6, 6.07) is 9.56. The molecule has 2 aromatic rings. The molecule has 26 heavy (non-hydrogen) atoms. The second-order valence-electron chi connectivity index (χ2n) is 6.40. The number of rotatable bonds is 4. The van der Waals surface area contributed by atoms with Crippen molar-refractivity contribution in [2.75, 3.05) is 37.7 Å². The lowest BCUT2D eigenvalue weighted by atomic mass is 10.1. The van der Waals surface area contributed by atoms with Crippen LogP contribution in [-0.2, 0) is 9.53 Å². The van der Waals surface area contributed by atoms with Crippen LogP contribution >= 0.6 is 0 Å². The van der Waals surface area contributed by atoms with E-state index < -0.39 is 5.97 Å². The first kappa shape index (κ1) is 17.9. The summed E-state index contributed by atoms with van der Waals surface area (Å²) in [5.74, 6) is -0.691. The average Bonchev–Trinajstić information content (AvgIpc) is 2.69. The number of hydrogen-bond donors (Lipinski definition) is 0. The lowest BCUT2D eigenvalue weighted by Gasteiger charge is -2.37. The van der Waals surface area contributed by atoms with E-state index in [0.29, 0.717) is 18.7 Å². The van der Waals surface area contributed by atoms with Crippen LogP contribution in [0.25, 0.3) is 0 Å². The van der Waals surface area contributed by atoms with E-state index in [2.05, 4.69) is 41.9 Å². The fourth-order valence-corrected chi connectivity index (χ4v) is 3.06. The Kier molecular flexibility index (Phi) is 5.51. The lowest BCUT2D eigenvalue weighted by molar-refractivity contribution is -0.134. The lowest BCUT2D eigenvalue weighted by Crippen LogP contribution is -2.50. The Morgan fingerprint density at radius 2 is 1.85 bits per heavy atom. The molecule has 0 atom stereocenters. The summed E-state index contributed by atoms with van der Waals surface area (Å²) >= 11 is 0. The van der Waals surface area contributed by atoms with Crippen LogP contribution in [0.1, 0.15) is 21.5 Å². The highest BCUT2D eigenvalue weighted by Crippen LogP contribution is 2.23. The van der Waals surface area contributed by atoms with Crippen LogP contribution in [0, 0.1) is 13.8 Å². The van der Waals surface area contributed by atoms with Gasteiger partial charge in [-0.1, -0.05) is 12.1 Å². The highest BCUT2D eigenvalue weighted by Gasteiger charge is 2.23. The predicted octanol–water partition coefficient (Wildman–Crippen LogP) is 2.20. The number of carbonyl (C=O) groups is 2. The number of pyridine rings is 1. The molecule has 6 nitrogen and oxygen atoms in total. The van der Waals surface area contributed by atoms with Gasteiger partial charge in [0.2, 0.25) is 0 Å². The molecule has 6 heteroatoms. The van der Waals surface area contributed by atoms with Gasteiger partial charge >= 0.3 is 5.97 Å². The Morgan fingerprint density at radius 1 is 1.08 bits per heavy atom. The average molecular weight is 353 g/mol. The molecule has 3 rings (SSSR count). The molecule has 1 amide bonds. The Balaban J connectivity index is 1.51. The minimum absolute atomic E-state index is 0.164. The molecule has 0 bridgehead atoms. The van der Waals surface area contributed by atoms with Crippen molar-refractivity contribution in [2.45, 2.75) is 13.8 Å². The summed E-state index contributed by atoms with van der Waals surface area (Å²) in [4.78, 5) is 32.1. The molecule has 0 aliphatic carbocycles. The molecule has 0 saturated carbocycles. The van der Waals surface area contributed by atoms with Crippen LogP contribution in [0.15, 0.2) is 42.7 Å². The van der Waals surface area contributed by atoms with Crippen LogP contribution in [0.2, 0.25) is 0 Å². The van der Waals surface area contributed by atoms with Gasteiger partial charge in [0.15, 0.2) is 6.61 Å². The quantitative estimate of drug-likeness (QED) is 0.789. The maximum Gasteiger partial charge on any atom is 0.340 e. The number of benzene rings is 1. The van der Waals surface area contributed by atoms with Gasteiger partial charge in [-0.3, -0.25) is 9.78 Å². The van der Waals surface area contributed by atoms with Crippen molar-refractivity contribution >= 4 is 17.6 Å². The van der Waals surface area contributed by atoms with Gasteiger partial charge in [-0.2, -0.15) is 0 Å². The molecule has 0 radical (unpaired) electrons. The minimum Gasteiger partial charge on any atom is -0.452 e. The first-order valence-electron chi connectivity index (χ1n) is 8.72. The van der Waals surface area contributed by atoms with E-state index in [4.69, 9.17) is 4.74 Å². The van der Waals surface area contributed by atoms with Gasteiger partial charge in [0, 0.05) is 44.3 Å². The highest BCUT2D eigenvalue weighted by atomic mass is 16.5. The summed E-state index contributed by atoms with van der Waals surface area (Å²) in [6.07, 6.45) is 3.01. The van der Waals surface area contributed by atoms with E-state index in [1.165, 1.54) is 23.0 Å². The summed E-state index contributed by atoms with van der Waals surface area (Å²) in [6.45, 7) is 6.78. The third kappa shape index (κ3) is 4.02. The molecule has 1 aromatic carbocycles. The van der Waals surface area contributed by atoms with Crippen molar-refractivity contribution in [1.82, 2.24) is 9.88 Å². The number of esters is 1. The van der Waals surface area contributed by atoms with Crippen molar-refractivity contribution in [3.63, 3.8) is 0 Å². The van der Waals surface area contributed by atoms with E-state index in [9.17, 15) is 9.59 Å².